The van der Waals surface area contributed by atoms with Crippen molar-refractivity contribution in [3.63, 3.8) is 0 Å². The molecule has 3 heteroatoms. The molecule has 0 bridgehead atoms. The molecule has 3 rings (SSSR count). The van der Waals surface area contributed by atoms with E-state index in [2.05, 4.69) is 4.98 Å². The van der Waals surface area contributed by atoms with Crippen LogP contribution in [0.5, 0.6) is 0 Å². The number of hydrogen-bond acceptors (Lipinski definition) is 2. The van der Waals surface area contributed by atoms with Crippen molar-refractivity contribution in [2.24, 2.45) is 0 Å². The highest BCUT2D eigenvalue weighted by Crippen LogP contribution is 2.40. The van der Waals surface area contributed by atoms with Crippen LogP contribution in [0.15, 0.2) is 24.3 Å². The molecule has 1 fully saturated rings. The molecule has 76 valence electrons. The highest BCUT2D eigenvalue weighted by molar-refractivity contribution is 6.31. The van der Waals surface area contributed by atoms with E-state index in [9.17, 15) is 0 Å². The van der Waals surface area contributed by atoms with Crippen molar-refractivity contribution in [1.82, 2.24) is 4.98 Å². The average Bonchev–Trinajstić information content (AvgIpc) is 2.99. The van der Waals surface area contributed by atoms with E-state index in [1.807, 2.05) is 24.3 Å². The van der Waals surface area contributed by atoms with Crippen molar-refractivity contribution in [3.05, 3.63) is 35.0 Å². The first-order valence-corrected chi connectivity index (χ1v) is 5.47. The summed E-state index contributed by atoms with van der Waals surface area (Å²) in [5.41, 5.74) is 8.81. The Hall–Kier alpha value is -1.28. The summed E-state index contributed by atoms with van der Waals surface area (Å²) < 4.78 is 0. The van der Waals surface area contributed by atoms with Crippen molar-refractivity contribution in [1.29, 1.82) is 0 Å². The number of nitrogens with zero attached hydrogens (tertiary/aromatic N) is 1. The van der Waals surface area contributed by atoms with Crippen molar-refractivity contribution in [2.75, 3.05) is 5.73 Å². The second-order valence-corrected chi connectivity index (χ2v) is 4.51. The molecule has 0 unspecified atom stereocenters. The predicted octanol–water partition coefficient (Wildman–Crippen LogP) is 3.35. The molecule has 1 aromatic carbocycles. The summed E-state index contributed by atoms with van der Waals surface area (Å²) in [4.78, 5) is 4.59. The lowest BCUT2D eigenvalue weighted by molar-refractivity contribution is 1.05. The number of aromatic nitrogens is 1. The van der Waals surface area contributed by atoms with Gasteiger partial charge in [-0.1, -0.05) is 11.6 Å². The Morgan fingerprint density at radius 1 is 1.27 bits per heavy atom. The molecule has 0 radical (unpaired) electrons. The topological polar surface area (TPSA) is 38.9 Å². The monoisotopic (exact) mass is 218 g/mol. The Morgan fingerprint density at radius 3 is 2.80 bits per heavy atom. The minimum atomic E-state index is 0.621. The van der Waals surface area contributed by atoms with Gasteiger partial charge in [0.1, 0.15) is 0 Å². The number of benzene rings is 1. The van der Waals surface area contributed by atoms with Crippen LogP contribution in [0.4, 0.5) is 5.69 Å². The van der Waals surface area contributed by atoms with Gasteiger partial charge in [0, 0.05) is 27.7 Å². The van der Waals surface area contributed by atoms with Crippen LogP contribution in [-0.2, 0) is 0 Å². The van der Waals surface area contributed by atoms with Gasteiger partial charge >= 0.3 is 0 Å². The third-order valence-electron chi connectivity index (χ3n) is 2.82. The number of hydrogen-bond donors (Lipinski definition) is 1. The van der Waals surface area contributed by atoms with E-state index < -0.39 is 0 Å². The van der Waals surface area contributed by atoms with Crippen LogP contribution in [-0.4, -0.2) is 4.98 Å². The molecule has 2 nitrogen and oxygen atoms in total. The summed E-state index contributed by atoms with van der Waals surface area (Å²) in [6.07, 6.45) is 2.47. The number of nitrogens with two attached hydrogens (primary N) is 1. The van der Waals surface area contributed by atoms with Crippen molar-refractivity contribution < 1.29 is 0 Å². The van der Waals surface area contributed by atoms with Crippen molar-refractivity contribution in [2.45, 2.75) is 18.8 Å². The lowest BCUT2D eigenvalue weighted by Gasteiger charge is -2.05. The molecule has 2 N–H and O–H groups in total. The van der Waals surface area contributed by atoms with Crippen LogP contribution in [0.2, 0.25) is 5.02 Å². The third-order valence-corrected chi connectivity index (χ3v) is 3.05. The fourth-order valence-electron chi connectivity index (χ4n) is 1.84. The summed E-state index contributed by atoms with van der Waals surface area (Å²) in [5.74, 6) is 0.621. The summed E-state index contributed by atoms with van der Waals surface area (Å²) in [6.45, 7) is 0. The Kier molecular flexibility index (Phi) is 1.86. The minimum Gasteiger partial charge on any atom is -0.398 e. The lowest BCUT2D eigenvalue weighted by Crippen LogP contribution is -1.94. The van der Waals surface area contributed by atoms with E-state index in [4.69, 9.17) is 17.3 Å². The van der Waals surface area contributed by atoms with Gasteiger partial charge in [-0.05, 0) is 37.1 Å². The summed E-state index contributed by atoms with van der Waals surface area (Å²) in [6, 6.07) is 7.64. The maximum absolute atomic E-state index is 5.99. The molecule has 1 heterocycles. The standard InChI is InChI=1S/C12H11ClN2/c13-8-3-4-9-10(14)6-11(7-1-2-7)15-12(9)5-8/h3-7H,1-2H2,(H2,14,15). The predicted molar refractivity (Wildman–Crippen MR) is 63.1 cm³/mol. The van der Waals surface area contributed by atoms with Gasteiger partial charge in [-0.2, -0.15) is 0 Å². The number of halogens is 1. The molecule has 1 aliphatic rings. The Labute approximate surface area is 93.1 Å². The van der Waals surface area contributed by atoms with Gasteiger partial charge in [0.15, 0.2) is 0 Å². The Morgan fingerprint density at radius 2 is 2.07 bits per heavy atom. The molecule has 1 aliphatic carbocycles. The first kappa shape index (κ1) is 8.98. The first-order chi connectivity index (χ1) is 7.24. The second-order valence-electron chi connectivity index (χ2n) is 4.07. The van der Waals surface area contributed by atoms with Gasteiger partial charge in [0.25, 0.3) is 0 Å². The quantitative estimate of drug-likeness (QED) is 0.797. The smallest absolute Gasteiger partial charge is 0.0740 e. The number of nitrogen functional groups attached to an aromatic ring is 1. The molecular formula is C12H11ClN2. The number of anilines is 1. The lowest BCUT2D eigenvalue weighted by atomic mass is 10.1. The zero-order valence-electron chi connectivity index (χ0n) is 8.20. The highest BCUT2D eigenvalue weighted by Gasteiger charge is 2.25. The molecule has 0 aliphatic heterocycles. The summed E-state index contributed by atoms with van der Waals surface area (Å²) >= 11 is 5.94. The maximum atomic E-state index is 5.99. The van der Waals surface area contributed by atoms with Gasteiger partial charge < -0.3 is 5.73 Å². The minimum absolute atomic E-state index is 0.621. The van der Waals surface area contributed by atoms with Crippen molar-refractivity contribution >= 4 is 28.2 Å². The Balaban J connectivity index is 2.27. The van der Waals surface area contributed by atoms with Crippen LogP contribution in [0.3, 0.4) is 0 Å². The van der Waals surface area contributed by atoms with Gasteiger partial charge in [-0.25, -0.2) is 0 Å². The molecule has 0 atom stereocenters. The molecule has 0 spiro atoms. The SMILES string of the molecule is Nc1cc(C2CC2)nc2cc(Cl)ccc12. The maximum Gasteiger partial charge on any atom is 0.0740 e. The van der Waals surface area contributed by atoms with E-state index in [0.717, 1.165) is 22.3 Å². The Bertz CT molecular complexity index is 532. The van der Waals surface area contributed by atoms with E-state index in [0.29, 0.717) is 10.9 Å². The molecule has 1 saturated carbocycles. The zero-order valence-corrected chi connectivity index (χ0v) is 8.96. The first-order valence-electron chi connectivity index (χ1n) is 5.10. The number of pyridine rings is 1. The van der Waals surface area contributed by atoms with Crippen molar-refractivity contribution in [3.8, 4) is 0 Å². The van der Waals surface area contributed by atoms with Crippen LogP contribution < -0.4 is 5.73 Å². The van der Waals surface area contributed by atoms with E-state index in [-0.39, 0.29) is 0 Å². The van der Waals surface area contributed by atoms with Gasteiger partial charge in [-0.15, -0.1) is 0 Å². The fraction of sp³-hybridized carbons (Fsp3) is 0.250. The molecule has 2 aromatic rings. The summed E-state index contributed by atoms with van der Waals surface area (Å²) in [5, 5.41) is 1.70. The van der Waals surface area contributed by atoms with Gasteiger partial charge in [-0.3, -0.25) is 4.98 Å². The van der Waals surface area contributed by atoms with Gasteiger partial charge in [0.05, 0.1) is 5.52 Å². The van der Waals surface area contributed by atoms with E-state index in [1.165, 1.54) is 12.8 Å². The summed E-state index contributed by atoms with van der Waals surface area (Å²) in [7, 11) is 0. The normalized spacial score (nSPS) is 15.8. The second kappa shape index (κ2) is 3.11. The molecule has 15 heavy (non-hydrogen) atoms. The number of fused-ring (bicyclic) bond motifs is 1. The van der Waals surface area contributed by atoms with Crippen LogP contribution in [0.1, 0.15) is 24.5 Å². The zero-order chi connectivity index (χ0) is 10.4. The molecule has 1 aromatic heterocycles. The van der Waals surface area contributed by atoms with E-state index >= 15 is 0 Å². The molecular weight excluding hydrogens is 208 g/mol. The van der Waals surface area contributed by atoms with Crippen LogP contribution in [0, 0.1) is 0 Å². The average molecular weight is 219 g/mol. The number of rotatable bonds is 1. The molecule has 0 amide bonds. The largest absolute Gasteiger partial charge is 0.398 e. The van der Waals surface area contributed by atoms with Gasteiger partial charge in [0.2, 0.25) is 0 Å². The van der Waals surface area contributed by atoms with E-state index in [1.54, 1.807) is 0 Å². The van der Waals surface area contributed by atoms with Crippen LogP contribution >= 0.6 is 11.6 Å². The fourth-order valence-corrected chi connectivity index (χ4v) is 2.00. The highest BCUT2D eigenvalue weighted by atomic mass is 35.5. The molecule has 0 saturated heterocycles. The third kappa shape index (κ3) is 1.55. The van der Waals surface area contributed by atoms with Crippen LogP contribution in [0.25, 0.3) is 10.9 Å².